The van der Waals surface area contributed by atoms with E-state index in [2.05, 4.69) is 5.32 Å². The van der Waals surface area contributed by atoms with Gasteiger partial charge in [0, 0.05) is 0 Å². The molecule has 1 aromatic rings. The summed E-state index contributed by atoms with van der Waals surface area (Å²) >= 11 is 0. The minimum atomic E-state index is -0.888. The van der Waals surface area contributed by atoms with Crippen LogP contribution in [0.5, 0.6) is 0 Å². The van der Waals surface area contributed by atoms with Crippen molar-refractivity contribution < 1.29 is 14.3 Å². The Morgan fingerprint density at radius 1 is 1.60 bits per heavy atom. The van der Waals surface area contributed by atoms with Crippen LogP contribution in [0.2, 0.25) is 0 Å². The van der Waals surface area contributed by atoms with Crippen LogP contribution in [0.3, 0.4) is 0 Å². The number of furan rings is 1. The van der Waals surface area contributed by atoms with Gasteiger partial charge in [0.25, 0.3) is 0 Å². The summed E-state index contributed by atoms with van der Waals surface area (Å²) in [6.45, 7) is 5.81. The zero-order valence-electron chi connectivity index (χ0n) is 9.33. The Bertz CT molecular complexity index is 345. The van der Waals surface area contributed by atoms with E-state index in [0.717, 1.165) is 11.5 Å². The average Bonchev–Trinajstić information content (AvgIpc) is 2.60. The second-order valence-electron chi connectivity index (χ2n) is 3.86. The number of aryl methyl sites for hydroxylation is 1. The van der Waals surface area contributed by atoms with Crippen LogP contribution in [0.15, 0.2) is 16.5 Å². The van der Waals surface area contributed by atoms with E-state index in [4.69, 9.17) is 9.52 Å². The highest BCUT2D eigenvalue weighted by molar-refractivity contribution is 5.78. The van der Waals surface area contributed by atoms with Gasteiger partial charge in [-0.25, -0.2) is 0 Å². The lowest BCUT2D eigenvalue weighted by atomic mass is 9.99. The third-order valence-corrected chi connectivity index (χ3v) is 2.63. The molecule has 0 fully saturated rings. The number of carboxylic acid groups (broad SMARTS) is 1. The van der Waals surface area contributed by atoms with Gasteiger partial charge < -0.3 is 9.52 Å². The molecule has 0 aliphatic rings. The van der Waals surface area contributed by atoms with Gasteiger partial charge in [-0.2, -0.15) is 0 Å². The Hall–Kier alpha value is -1.29. The zero-order chi connectivity index (χ0) is 11.5. The predicted molar refractivity (Wildman–Crippen MR) is 56.6 cm³/mol. The molecule has 84 valence electrons. The first-order valence-electron chi connectivity index (χ1n) is 5.01. The predicted octanol–water partition coefficient (Wildman–Crippen LogP) is 1.93. The van der Waals surface area contributed by atoms with E-state index in [9.17, 15) is 4.79 Å². The molecule has 0 aliphatic heterocycles. The van der Waals surface area contributed by atoms with Gasteiger partial charge in [-0.05, 0) is 32.4 Å². The Balaban J connectivity index is 2.59. The monoisotopic (exact) mass is 211 g/mol. The first kappa shape index (κ1) is 11.8. The molecule has 2 N–H and O–H groups in total. The lowest BCUT2D eigenvalue weighted by Gasteiger charge is -2.23. The molecule has 1 aromatic heterocycles. The fourth-order valence-electron chi connectivity index (χ4n) is 1.21. The summed E-state index contributed by atoms with van der Waals surface area (Å²) in [6, 6.07) is 3.71. The van der Waals surface area contributed by atoms with Gasteiger partial charge >= 0.3 is 5.97 Å². The second-order valence-corrected chi connectivity index (χ2v) is 3.86. The van der Waals surface area contributed by atoms with Crippen LogP contribution in [0.1, 0.15) is 31.8 Å². The van der Waals surface area contributed by atoms with E-state index in [1.807, 2.05) is 26.0 Å². The Kier molecular flexibility index (Phi) is 3.52. The summed E-state index contributed by atoms with van der Waals surface area (Å²) in [5.41, 5.74) is -0.888. The molecule has 0 amide bonds. The van der Waals surface area contributed by atoms with Crippen molar-refractivity contribution in [1.82, 2.24) is 5.32 Å². The molecule has 1 heterocycles. The molecular formula is C11H17NO3. The van der Waals surface area contributed by atoms with Gasteiger partial charge in [0.05, 0.1) is 6.54 Å². The normalized spacial score (nSPS) is 14.9. The van der Waals surface area contributed by atoms with Crippen molar-refractivity contribution >= 4 is 5.97 Å². The smallest absolute Gasteiger partial charge is 0.323 e. The van der Waals surface area contributed by atoms with Crippen LogP contribution in [-0.4, -0.2) is 16.6 Å². The molecular weight excluding hydrogens is 194 g/mol. The number of nitrogens with one attached hydrogen (secondary N) is 1. The van der Waals surface area contributed by atoms with Crippen molar-refractivity contribution in [2.24, 2.45) is 0 Å². The van der Waals surface area contributed by atoms with Crippen LogP contribution < -0.4 is 5.32 Å². The number of aliphatic carboxylic acids is 1. The molecule has 1 unspecified atom stereocenters. The topological polar surface area (TPSA) is 62.5 Å². The molecule has 1 rings (SSSR count). The first-order chi connectivity index (χ1) is 6.98. The lowest BCUT2D eigenvalue weighted by Crippen LogP contribution is -2.48. The third kappa shape index (κ3) is 2.83. The summed E-state index contributed by atoms with van der Waals surface area (Å²) in [6.07, 6.45) is 0.530. The summed E-state index contributed by atoms with van der Waals surface area (Å²) in [5.74, 6) is 0.752. The number of carboxylic acids is 1. The maximum Gasteiger partial charge on any atom is 0.323 e. The fourth-order valence-corrected chi connectivity index (χ4v) is 1.21. The molecule has 4 heteroatoms. The number of hydrogen-bond donors (Lipinski definition) is 2. The SMILES string of the molecule is CCC(C)(NCc1ccc(C)o1)C(=O)O. The third-order valence-electron chi connectivity index (χ3n) is 2.63. The van der Waals surface area contributed by atoms with Crippen LogP contribution in [0.4, 0.5) is 0 Å². The quantitative estimate of drug-likeness (QED) is 0.781. The van der Waals surface area contributed by atoms with Crippen molar-refractivity contribution in [1.29, 1.82) is 0 Å². The molecule has 1 atom stereocenters. The Labute approximate surface area is 89.3 Å². The van der Waals surface area contributed by atoms with E-state index in [-0.39, 0.29) is 0 Å². The van der Waals surface area contributed by atoms with E-state index < -0.39 is 11.5 Å². The van der Waals surface area contributed by atoms with Crippen LogP contribution in [0.25, 0.3) is 0 Å². The molecule has 0 saturated carbocycles. The first-order valence-corrected chi connectivity index (χ1v) is 5.01. The van der Waals surface area contributed by atoms with Gasteiger partial charge in [0.2, 0.25) is 0 Å². The highest BCUT2D eigenvalue weighted by Gasteiger charge is 2.30. The largest absolute Gasteiger partial charge is 0.480 e. The molecule has 0 bridgehead atoms. The molecule has 15 heavy (non-hydrogen) atoms. The zero-order valence-corrected chi connectivity index (χ0v) is 9.33. The van der Waals surface area contributed by atoms with E-state index in [1.54, 1.807) is 6.92 Å². The highest BCUT2D eigenvalue weighted by Crippen LogP contribution is 2.12. The summed E-state index contributed by atoms with van der Waals surface area (Å²) in [4.78, 5) is 11.0. The fraction of sp³-hybridized carbons (Fsp3) is 0.545. The van der Waals surface area contributed by atoms with Crippen molar-refractivity contribution in [3.8, 4) is 0 Å². The number of rotatable bonds is 5. The molecule has 0 aliphatic carbocycles. The van der Waals surface area contributed by atoms with Gasteiger partial charge in [0.15, 0.2) is 0 Å². The van der Waals surface area contributed by atoms with Gasteiger partial charge in [-0.15, -0.1) is 0 Å². The van der Waals surface area contributed by atoms with Crippen LogP contribution in [0, 0.1) is 6.92 Å². The highest BCUT2D eigenvalue weighted by atomic mass is 16.4. The van der Waals surface area contributed by atoms with Crippen molar-refractivity contribution in [2.45, 2.75) is 39.3 Å². The van der Waals surface area contributed by atoms with E-state index in [1.165, 1.54) is 0 Å². The standard InChI is InChI=1S/C11H17NO3/c1-4-11(3,10(13)14)12-7-9-6-5-8(2)15-9/h5-6,12H,4,7H2,1-3H3,(H,13,14). The van der Waals surface area contributed by atoms with Crippen LogP contribution >= 0.6 is 0 Å². The minimum absolute atomic E-state index is 0.435. The average molecular weight is 211 g/mol. The maximum atomic E-state index is 11.0. The Morgan fingerprint density at radius 2 is 2.27 bits per heavy atom. The van der Waals surface area contributed by atoms with Gasteiger partial charge in [-0.1, -0.05) is 6.92 Å². The maximum absolute atomic E-state index is 11.0. The second kappa shape index (κ2) is 4.49. The van der Waals surface area contributed by atoms with Crippen molar-refractivity contribution in [3.63, 3.8) is 0 Å². The molecule has 0 saturated heterocycles. The van der Waals surface area contributed by atoms with Crippen molar-refractivity contribution in [2.75, 3.05) is 0 Å². The molecule has 0 radical (unpaired) electrons. The Morgan fingerprint density at radius 3 is 2.67 bits per heavy atom. The van der Waals surface area contributed by atoms with Crippen LogP contribution in [-0.2, 0) is 11.3 Å². The summed E-state index contributed by atoms with van der Waals surface area (Å²) in [7, 11) is 0. The van der Waals surface area contributed by atoms with E-state index in [0.29, 0.717) is 13.0 Å². The lowest BCUT2D eigenvalue weighted by molar-refractivity contribution is -0.144. The summed E-state index contributed by atoms with van der Waals surface area (Å²) < 4.78 is 5.35. The summed E-state index contributed by atoms with van der Waals surface area (Å²) in [5, 5.41) is 12.0. The molecule has 0 aromatic carbocycles. The number of carbonyl (C=O) groups is 1. The number of hydrogen-bond acceptors (Lipinski definition) is 3. The minimum Gasteiger partial charge on any atom is -0.480 e. The van der Waals surface area contributed by atoms with Gasteiger partial charge in [0.1, 0.15) is 17.1 Å². The van der Waals surface area contributed by atoms with Crippen molar-refractivity contribution in [3.05, 3.63) is 23.7 Å². The van der Waals surface area contributed by atoms with Gasteiger partial charge in [-0.3, -0.25) is 10.1 Å². The molecule has 0 spiro atoms. The molecule has 4 nitrogen and oxygen atoms in total. The van der Waals surface area contributed by atoms with E-state index >= 15 is 0 Å².